The Kier molecular flexibility index (Phi) is 4.61. The maximum absolute atomic E-state index is 13.1. The largest absolute Gasteiger partial charge is 0.352 e. The molecule has 0 heterocycles. The first-order chi connectivity index (χ1) is 7.54. The van der Waals surface area contributed by atoms with Crippen LogP contribution in [0.4, 0.5) is 13.2 Å². The maximum atomic E-state index is 13.1. The number of hydrogen-bond acceptors (Lipinski definition) is 1. The number of benzene rings is 1. The van der Waals surface area contributed by atoms with Crippen LogP contribution in [0.3, 0.4) is 0 Å². The highest BCUT2D eigenvalue weighted by Crippen LogP contribution is 2.14. The minimum atomic E-state index is -1.02. The van der Waals surface area contributed by atoms with Crippen molar-refractivity contribution in [1.82, 2.24) is 5.32 Å². The number of alkyl halides is 1. The molecule has 0 unspecified atom stereocenters. The number of rotatable bonds is 4. The maximum Gasteiger partial charge on any atom is 0.221 e. The third-order valence-corrected chi connectivity index (χ3v) is 2.08. The van der Waals surface area contributed by atoms with E-state index in [-0.39, 0.29) is 24.4 Å². The Balaban J connectivity index is 2.70. The van der Waals surface area contributed by atoms with Crippen molar-refractivity contribution in [3.05, 3.63) is 35.1 Å². The molecule has 1 aromatic rings. The van der Waals surface area contributed by atoms with Crippen molar-refractivity contribution >= 4 is 17.5 Å². The molecular formula is C10H9ClF3NO. The van der Waals surface area contributed by atoms with Gasteiger partial charge >= 0.3 is 0 Å². The monoisotopic (exact) mass is 251 g/mol. The lowest BCUT2D eigenvalue weighted by molar-refractivity contribution is -0.120. The molecule has 0 aromatic heterocycles. The van der Waals surface area contributed by atoms with Gasteiger partial charge in [-0.3, -0.25) is 4.79 Å². The summed E-state index contributed by atoms with van der Waals surface area (Å²) in [5, 5.41) is 2.28. The third-order valence-electron chi connectivity index (χ3n) is 1.89. The second-order valence-electron chi connectivity index (χ2n) is 3.06. The van der Waals surface area contributed by atoms with Crippen molar-refractivity contribution < 1.29 is 18.0 Å². The zero-order valence-corrected chi connectivity index (χ0v) is 8.95. The van der Waals surface area contributed by atoms with Gasteiger partial charge in [0, 0.05) is 36.5 Å². The number of hydrogen-bond donors (Lipinski definition) is 1. The fraction of sp³-hybridized carbons (Fsp3) is 0.300. The molecule has 0 saturated carbocycles. The summed E-state index contributed by atoms with van der Waals surface area (Å²) < 4.78 is 38.7. The van der Waals surface area contributed by atoms with Crippen LogP contribution in [-0.4, -0.2) is 11.8 Å². The number of nitrogens with one attached hydrogen (secondary N) is 1. The average Bonchev–Trinajstić information content (AvgIpc) is 2.16. The van der Waals surface area contributed by atoms with Gasteiger partial charge in [-0.2, -0.15) is 0 Å². The molecule has 0 bridgehead atoms. The van der Waals surface area contributed by atoms with Gasteiger partial charge in [0.1, 0.15) is 17.5 Å². The Morgan fingerprint density at radius 1 is 1.25 bits per heavy atom. The molecule has 0 spiro atoms. The number of carbonyl (C=O) groups excluding carboxylic acids is 1. The van der Waals surface area contributed by atoms with Gasteiger partial charge in [-0.25, -0.2) is 13.2 Å². The molecule has 1 N–H and O–H groups in total. The van der Waals surface area contributed by atoms with E-state index in [9.17, 15) is 18.0 Å². The van der Waals surface area contributed by atoms with E-state index in [1.54, 1.807) is 0 Å². The van der Waals surface area contributed by atoms with Crippen molar-refractivity contribution in [1.29, 1.82) is 0 Å². The van der Waals surface area contributed by atoms with Gasteiger partial charge in [0.05, 0.1) is 0 Å². The second-order valence-corrected chi connectivity index (χ2v) is 3.44. The first-order valence-electron chi connectivity index (χ1n) is 4.50. The Hall–Kier alpha value is -1.23. The van der Waals surface area contributed by atoms with Crippen molar-refractivity contribution in [3.63, 3.8) is 0 Å². The molecule has 1 rings (SSSR count). The van der Waals surface area contributed by atoms with Crippen LogP contribution in [0.1, 0.15) is 12.0 Å². The van der Waals surface area contributed by atoms with Crippen LogP contribution in [0.15, 0.2) is 12.1 Å². The van der Waals surface area contributed by atoms with Crippen LogP contribution in [0.25, 0.3) is 0 Å². The summed E-state index contributed by atoms with van der Waals surface area (Å²) in [4.78, 5) is 11.0. The smallest absolute Gasteiger partial charge is 0.221 e. The minimum absolute atomic E-state index is 0.0615. The molecule has 6 heteroatoms. The summed E-state index contributed by atoms with van der Waals surface area (Å²) >= 11 is 5.30. The molecule has 0 aliphatic heterocycles. The molecule has 1 amide bonds. The first-order valence-corrected chi connectivity index (χ1v) is 5.04. The first kappa shape index (κ1) is 12.8. The lowest BCUT2D eigenvalue weighted by Gasteiger charge is -2.06. The molecule has 1 aromatic carbocycles. The van der Waals surface area contributed by atoms with Gasteiger partial charge in [-0.1, -0.05) is 0 Å². The topological polar surface area (TPSA) is 29.1 Å². The molecular weight excluding hydrogens is 243 g/mol. The van der Waals surface area contributed by atoms with Gasteiger partial charge in [0.25, 0.3) is 0 Å². The van der Waals surface area contributed by atoms with E-state index >= 15 is 0 Å². The molecule has 16 heavy (non-hydrogen) atoms. The van der Waals surface area contributed by atoms with Crippen LogP contribution in [-0.2, 0) is 11.3 Å². The van der Waals surface area contributed by atoms with Crippen LogP contribution < -0.4 is 5.32 Å². The van der Waals surface area contributed by atoms with E-state index < -0.39 is 23.4 Å². The summed E-state index contributed by atoms with van der Waals surface area (Å²) in [5.74, 6) is -3.34. The quantitative estimate of drug-likeness (QED) is 0.818. The standard InChI is InChI=1S/C10H9ClF3NO/c11-2-1-10(16)15-5-7-8(13)3-6(12)4-9(7)14/h3-4H,1-2,5H2,(H,15,16). The molecule has 88 valence electrons. The Bertz CT molecular complexity index is 375. The van der Waals surface area contributed by atoms with E-state index in [1.165, 1.54) is 0 Å². The fourth-order valence-electron chi connectivity index (χ4n) is 1.10. The van der Waals surface area contributed by atoms with Gasteiger partial charge in [0.15, 0.2) is 0 Å². The summed E-state index contributed by atoms with van der Waals surface area (Å²) in [6.45, 7) is -0.326. The van der Waals surface area contributed by atoms with Gasteiger partial charge in [0.2, 0.25) is 5.91 Å². The Morgan fingerprint density at radius 3 is 2.31 bits per heavy atom. The molecule has 0 aliphatic rings. The highest BCUT2D eigenvalue weighted by atomic mass is 35.5. The number of halogens is 4. The lowest BCUT2D eigenvalue weighted by atomic mass is 10.2. The summed E-state index contributed by atoms with van der Waals surface area (Å²) in [7, 11) is 0. The summed E-state index contributed by atoms with van der Waals surface area (Å²) in [5.41, 5.74) is -0.371. The molecule has 0 fully saturated rings. The van der Waals surface area contributed by atoms with Crippen molar-refractivity contribution in [2.75, 3.05) is 5.88 Å². The molecule has 2 nitrogen and oxygen atoms in total. The number of carbonyl (C=O) groups is 1. The number of amides is 1. The second kappa shape index (κ2) is 5.75. The van der Waals surface area contributed by atoms with Crippen LogP contribution >= 0.6 is 11.6 Å². The van der Waals surface area contributed by atoms with Crippen LogP contribution in [0.2, 0.25) is 0 Å². The van der Waals surface area contributed by atoms with Gasteiger partial charge in [-0.15, -0.1) is 11.6 Å². The lowest BCUT2D eigenvalue weighted by Crippen LogP contribution is -2.24. The molecule has 0 atom stereocenters. The molecule has 0 saturated heterocycles. The Morgan fingerprint density at radius 2 is 1.81 bits per heavy atom. The third kappa shape index (κ3) is 3.41. The summed E-state index contributed by atoms with van der Waals surface area (Å²) in [6, 6.07) is 1.12. The minimum Gasteiger partial charge on any atom is -0.352 e. The van der Waals surface area contributed by atoms with Crippen LogP contribution in [0, 0.1) is 17.5 Å². The average molecular weight is 252 g/mol. The predicted octanol–water partition coefficient (Wildman–Crippen LogP) is 2.35. The molecule has 0 radical (unpaired) electrons. The van der Waals surface area contributed by atoms with Crippen molar-refractivity contribution in [3.8, 4) is 0 Å². The predicted molar refractivity (Wildman–Crippen MR) is 53.5 cm³/mol. The normalized spacial score (nSPS) is 10.2. The highest BCUT2D eigenvalue weighted by molar-refractivity contribution is 6.18. The van der Waals surface area contributed by atoms with Crippen molar-refractivity contribution in [2.24, 2.45) is 0 Å². The Labute approximate surface area is 95.4 Å². The zero-order valence-electron chi connectivity index (χ0n) is 8.20. The van der Waals surface area contributed by atoms with E-state index in [0.29, 0.717) is 12.1 Å². The zero-order chi connectivity index (χ0) is 12.1. The highest BCUT2D eigenvalue weighted by Gasteiger charge is 2.12. The van der Waals surface area contributed by atoms with E-state index in [1.807, 2.05) is 0 Å². The van der Waals surface area contributed by atoms with E-state index in [2.05, 4.69) is 5.32 Å². The van der Waals surface area contributed by atoms with Crippen LogP contribution in [0.5, 0.6) is 0 Å². The van der Waals surface area contributed by atoms with E-state index in [4.69, 9.17) is 11.6 Å². The summed E-state index contributed by atoms with van der Waals surface area (Å²) in [6.07, 6.45) is 0.0615. The van der Waals surface area contributed by atoms with Gasteiger partial charge < -0.3 is 5.32 Å². The van der Waals surface area contributed by atoms with Gasteiger partial charge in [-0.05, 0) is 0 Å². The molecule has 0 aliphatic carbocycles. The SMILES string of the molecule is O=C(CCCl)NCc1c(F)cc(F)cc1F. The van der Waals surface area contributed by atoms with E-state index in [0.717, 1.165) is 0 Å². The fourth-order valence-corrected chi connectivity index (χ4v) is 1.27. The van der Waals surface area contributed by atoms with Crippen molar-refractivity contribution in [2.45, 2.75) is 13.0 Å².